The Morgan fingerprint density at radius 3 is 2.35 bits per heavy atom. The van der Waals surface area contributed by atoms with Gasteiger partial charge in [-0.05, 0) is 36.5 Å². The van der Waals surface area contributed by atoms with E-state index in [9.17, 15) is 18.3 Å². The zero-order valence-electron chi connectivity index (χ0n) is 13.0. The molecule has 0 aromatic heterocycles. The summed E-state index contributed by atoms with van der Waals surface area (Å²) in [6.07, 6.45) is -0.789. The molecule has 1 aromatic carbocycles. The first-order valence-electron chi connectivity index (χ1n) is 7.53. The molecule has 0 bridgehead atoms. The van der Waals surface area contributed by atoms with Crippen LogP contribution in [0.1, 0.15) is 49.3 Å². The van der Waals surface area contributed by atoms with Crippen molar-refractivity contribution in [1.29, 1.82) is 0 Å². The summed E-state index contributed by atoms with van der Waals surface area (Å²) in [5, 5.41) is 10.4. The summed E-state index contributed by atoms with van der Waals surface area (Å²) in [5.41, 5.74) is 5.05. The molecule has 0 spiro atoms. The quantitative estimate of drug-likeness (QED) is 0.857. The molecule has 1 aliphatic carbocycles. The SMILES string of the molecule is COc1ccc([C@H](N)[C@H](O)C2CCCCC2)c(C(F)(F)F)c1.Cl. The van der Waals surface area contributed by atoms with Crippen molar-refractivity contribution in [1.82, 2.24) is 0 Å². The Kier molecular flexibility index (Phi) is 7.17. The van der Waals surface area contributed by atoms with Crippen molar-refractivity contribution in [2.45, 2.75) is 50.4 Å². The topological polar surface area (TPSA) is 55.5 Å². The number of ether oxygens (including phenoxy) is 1. The summed E-state index contributed by atoms with van der Waals surface area (Å²) < 4.78 is 44.6. The van der Waals surface area contributed by atoms with Gasteiger partial charge in [-0.1, -0.05) is 25.3 Å². The zero-order valence-corrected chi connectivity index (χ0v) is 13.8. The molecular formula is C16H23ClF3NO2. The summed E-state index contributed by atoms with van der Waals surface area (Å²) in [7, 11) is 1.31. The summed E-state index contributed by atoms with van der Waals surface area (Å²) in [4.78, 5) is 0. The minimum Gasteiger partial charge on any atom is -0.497 e. The number of methoxy groups -OCH3 is 1. The highest BCUT2D eigenvalue weighted by Crippen LogP contribution is 2.39. The molecule has 1 fully saturated rings. The van der Waals surface area contributed by atoms with E-state index in [2.05, 4.69) is 0 Å². The highest BCUT2D eigenvalue weighted by molar-refractivity contribution is 5.85. The van der Waals surface area contributed by atoms with E-state index < -0.39 is 23.9 Å². The van der Waals surface area contributed by atoms with Gasteiger partial charge in [-0.15, -0.1) is 12.4 Å². The average molecular weight is 354 g/mol. The molecule has 0 radical (unpaired) electrons. The second-order valence-electron chi connectivity index (χ2n) is 5.87. The number of nitrogens with two attached hydrogens (primary N) is 1. The highest BCUT2D eigenvalue weighted by Gasteiger charge is 2.38. The summed E-state index contributed by atoms with van der Waals surface area (Å²) >= 11 is 0. The molecule has 23 heavy (non-hydrogen) atoms. The van der Waals surface area contributed by atoms with E-state index in [0.29, 0.717) is 0 Å². The predicted octanol–water partition coefficient (Wildman–Crippen LogP) is 4.08. The van der Waals surface area contributed by atoms with Gasteiger partial charge in [0.1, 0.15) is 5.75 Å². The number of hydrogen-bond donors (Lipinski definition) is 2. The number of alkyl halides is 3. The Hall–Kier alpha value is -0.980. The van der Waals surface area contributed by atoms with E-state index in [1.807, 2.05) is 0 Å². The molecule has 2 rings (SSSR count). The lowest BCUT2D eigenvalue weighted by Gasteiger charge is -2.31. The van der Waals surface area contributed by atoms with Crippen LogP contribution in [-0.2, 0) is 6.18 Å². The van der Waals surface area contributed by atoms with Gasteiger partial charge in [0.15, 0.2) is 0 Å². The standard InChI is InChI=1S/C16H22F3NO2.ClH/c1-22-11-7-8-12(13(9-11)16(17,18)19)14(20)15(21)10-5-3-2-4-6-10;/h7-10,14-15,21H,2-6,20H2,1H3;1H/t14-,15+;/m0./s1. The molecule has 1 aromatic rings. The lowest BCUT2D eigenvalue weighted by atomic mass is 9.80. The minimum absolute atomic E-state index is 0. The monoisotopic (exact) mass is 353 g/mol. The Labute approximate surface area is 140 Å². The molecule has 132 valence electrons. The van der Waals surface area contributed by atoms with Crippen molar-refractivity contribution in [3.05, 3.63) is 29.3 Å². The van der Waals surface area contributed by atoms with Crippen LogP contribution in [0.25, 0.3) is 0 Å². The number of aliphatic hydroxyl groups excluding tert-OH is 1. The number of aliphatic hydroxyl groups is 1. The smallest absolute Gasteiger partial charge is 0.416 e. The van der Waals surface area contributed by atoms with Gasteiger partial charge >= 0.3 is 6.18 Å². The van der Waals surface area contributed by atoms with Crippen LogP contribution in [-0.4, -0.2) is 18.3 Å². The molecule has 2 atom stereocenters. The van der Waals surface area contributed by atoms with Crippen LogP contribution in [0.15, 0.2) is 18.2 Å². The largest absolute Gasteiger partial charge is 0.497 e. The molecule has 0 amide bonds. The van der Waals surface area contributed by atoms with Gasteiger partial charge in [0.05, 0.1) is 24.8 Å². The predicted molar refractivity (Wildman–Crippen MR) is 84.8 cm³/mol. The van der Waals surface area contributed by atoms with Crippen LogP contribution in [0.5, 0.6) is 5.75 Å². The fourth-order valence-corrected chi connectivity index (χ4v) is 3.15. The fraction of sp³-hybridized carbons (Fsp3) is 0.625. The van der Waals surface area contributed by atoms with Crippen molar-refractivity contribution in [3.8, 4) is 5.75 Å². The maximum atomic E-state index is 13.2. The molecule has 7 heteroatoms. The second kappa shape index (κ2) is 8.22. The molecule has 0 heterocycles. The first-order valence-corrected chi connectivity index (χ1v) is 7.53. The van der Waals surface area contributed by atoms with Gasteiger partial charge in [0.25, 0.3) is 0 Å². The van der Waals surface area contributed by atoms with Crippen molar-refractivity contribution in [2.24, 2.45) is 11.7 Å². The zero-order chi connectivity index (χ0) is 16.3. The first-order chi connectivity index (χ1) is 10.3. The van der Waals surface area contributed by atoms with Crippen molar-refractivity contribution in [3.63, 3.8) is 0 Å². The Balaban J connectivity index is 0.00000264. The number of rotatable bonds is 4. The number of benzene rings is 1. The lowest BCUT2D eigenvalue weighted by Crippen LogP contribution is -2.35. The normalized spacial score (nSPS) is 18.9. The molecule has 1 aliphatic rings. The highest BCUT2D eigenvalue weighted by atomic mass is 35.5. The van der Waals surface area contributed by atoms with Crippen molar-refractivity contribution in [2.75, 3.05) is 7.11 Å². The van der Waals surface area contributed by atoms with Crippen LogP contribution in [0.2, 0.25) is 0 Å². The van der Waals surface area contributed by atoms with Crippen LogP contribution in [0.3, 0.4) is 0 Å². The molecule has 3 N–H and O–H groups in total. The maximum absolute atomic E-state index is 13.2. The van der Waals surface area contributed by atoms with Gasteiger partial charge in [-0.2, -0.15) is 13.2 Å². The van der Waals surface area contributed by atoms with Crippen molar-refractivity contribution >= 4 is 12.4 Å². The Bertz CT molecular complexity index is 505. The van der Waals surface area contributed by atoms with Gasteiger partial charge in [-0.3, -0.25) is 0 Å². The van der Waals surface area contributed by atoms with E-state index in [1.54, 1.807) is 0 Å². The van der Waals surface area contributed by atoms with Crippen LogP contribution >= 0.6 is 12.4 Å². The van der Waals surface area contributed by atoms with Gasteiger partial charge in [0.2, 0.25) is 0 Å². The third-order valence-electron chi connectivity index (χ3n) is 4.43. The Morgan fingerprint density at radius 2 is 1.83 bits per heavy atom. The molecule has 0 unspecified atom stereocenters. The van der Waals surface area contributed by atoms with Crippen LogP contribution < -0.4 is 10.5 Å². The third kappa shape index (κ3) is 4.75. The average Bonchev–Trinajstić information content (AvgIpc) is 2.53. The van der Waals surface area contributed by atoms with Gasteiger partial charge in [-0.25, -0.2) is 0 Å². The Morgan fingerprint density at radius 1 is 1.22 bits per heavy atom. The lowest BCUT2D eigenvalue weighted by molar-refractivity contribution is -0.138. The van der Waals surface area contributed by atoms with Gasteiger partial charge in [0, 0.05) is 0 Å². The third-order valence-corrected chi connectivity index (χ3v) is 4.43. The van der Waals surface area contributed by atoms with E-state index in [0.717, 1.165) is 38.2 Å². The molecule has 0 saturated heterocycles. The number of halogens is 4. The summed E-state index contributed by atoms with van der Waals surface area (Å²) in [5.74, 6) is 0.0855. The molecule has 1 saturated carbocycles. The van der Waals surface area contributed by atoms with E-state index in [4.69, 9.17) is 10.5 Å². The van der Waals surface area contributed by atoms with Crippen molar-refractivity contribution < 1.29 is 23.0 Å². The van der Waals surface area contributed by atoms with Gasteiger partial charge < -0.3 is 15.6 Å². The molecular weight excluding hydrogens is 331 g/mol. The van der Waals surface area contributed by atoms with E-state index in [1.165, 1.54) is 19.2 Å². The van der Waals surface area contributed by atoms with Crippen LogP contribution in [0.4, 0.5) is 13.2 Å². The summed E-state index contributed by atoms with van der Waals surface area (Å²) in [6.45, 7) is 0. The number of hydrogen-bond acceptors (Lipinski definition) is 3. The molecule has 3 nitrogen and oxygen atoms in total. The van der Waals surface area contributed by atoms with Crippen LogP contribution in [0, 0.1) is 5.92 Å². The fourth-order valence-electron chi connectivity index (χ4n) is 3.15. The maximum Gasteiger partial charge on any atom is 0.416 e. The minimum atomic E-state index is -4.53. The summed E-state index contributed by atoms with van der Waals surface area (Å²) in [6, 6.07) is 2.63. The molecule has 0 aliphatic heterocycles. The second-order valence-corrected chi connectivity index (χ2v) is 5.87. The van der Waals surface area contributed by atoms with E-state index >= 15 is 0 Å². The van der Waals surface area contributed by atoms with E-state index in [-0.39, 0.29) is 29.6 Å². The first kappa shape index (κ1) is 20.1.